The van der Waals surface area contributed by atoms with E-state index in [1.54, 1.807) is 30.3 Å². The minimum absolute atomic E-state index is 0.0245. The number of hydrogen-bond acceptors (Lipinski definition) is 5. The van der Waals surface area contributed by atoms with Crippen molar-refractivity contribution in [3.05, 3.63) is 84.7 Å². The van der Waals surface area contributed by atoms with Crippen LogP contribution in [-0.2, 0) is 9.53 Å². The van der Waals surface area contributed by atoms with E-state index in [0.29, 0.717) is 28.5 Å². The molecule has 3 aromatic carbocycles. The average Bonchev–Trinajstić information content (AvgIpc) is 3.02. The smallest absolute Gasteiger partial charge is 0.330 e. The first kappa shape index (κ1) is 31.3. The minimum atomic E-state index is -0.541. The van der Waals surface area contributed by atoms with Gasteiger partial charge in [-0.05, 0) is 78.0 Å². The highest BCUT2D eigenvalue weighted by molar-refractivity contribution is 5.81. The number of unbranched alkanes of at least 4 members (excludes halogenated alkanes) is 2. The first-order chi connectivity index (χ1) is 20.5. The van der Waals surface area contributed by atoms with Gasteiger partial charge >= 0.3 is 5.97 Å². The molecule has 1 aliphatic rings. The number of aliphatic hydroxyl groups excluding tert-OH is 1. The normalized spacial score (nSPS) is 16.5. The lowest BCUT2D eigenvalue weighted by atomic mass is 9.77. The number of rotatable bonds is 15. The van der Waals surface area contributed by atoms with E-state index in [-0.39, 0.29) is 32.2 Å². The van der Waals surface area contributed by atoms with E-state index in [1.807, 2.05) is 6.07 Å². The lowest BCUT2D eigenvalue weighted by Crippen LogP contribution is -2.13. The summed E-state index contributed by atoms with van der Waals surface area (Å²) in [6, 6.07) is 19.0. The molecule has 42 heavy (non-hydrogen) atoms. The lowest BCUT2D eigenvalue weighted by molar-refractivity contribution is -0.138. The van der Waals surface area contributed by atoms with Crippen LogP contribution in [0.5, 0.6) is 11.5 Å². The van der Waals surface area contributed by atoms with E-state index >= 15 is 4.39 Å². The summed E-state index contributed by atoms with van der Waals surface area (Å²) < 4.78 is 31.7. The standard InChI is InChI=1S/C36H43FO5/c1-3-5-6-7-26-8-10-27(11-9-26)28-12-14-29(15-13-28)30-16-18-32(33(37)24-30)31-17-19-34(40-21-20-38)35(25-31)41-22-23-42-36(39)4-2/h4,12-19,24-27,38H,2-3,5-11,20-23H2,1H3. The zero-order valence-corrected chi connectivity index (χ0v) is 24.7. The Morgan fingerprint density at radius 2 is 1.60 bits per heavy atom. The molecule has 0 aromatic heterocycles. The highest BCUT2D eigenvalue weighted by atomic mass is 19.1. The Balaban J connectivity index is 1.42. The molecule has 1 aliphatic carbocycles. The van der Waals surface area contributed by atoms with Gasteiger partial charge < -0.3 is 19.3 Å². The third kappa shape index (κ3) is 8.68. The molecule has 0 spiro atoms. The number of benzene rings is 3. The maximum Gasteiger partial charge on any atom is 0.330 e. The molecule has 0 heterocycles. The summed E-state index contributed by atoms with van der Waals surface area (Å²) in [5.74, 6) is 1.40. The van der Waals surface area contributed by atoms with Crippen LogP contribution in [0.3, 0.4) is 0 Å². The van der Waals surface area contributed by atoms with Crippen molar-refractivity contribution in [3.63, 3.8) is 0 Å². The Hall–Kier alpha value is -3.64. The van der Waals surface area contributed by atoms with Gasteiger partial charge in [0.1, 0.15) is 25.6 Å². The van der Waals surface area contributed by atoms with Gasteiger partial charge in [-0.15, -0.1) is 0 Å². The van der Waals surface area contributed by atoms with Crippen LogP contribution in [-0.4, -0.2) is 37.5 Å². The molecule has 5 nitrogen and oxygen atoms in total. The van der Waals surface area contributed by atoms with Gasteiger partial charge in [-0.3, -0.25) is 0 Å². The summed E-state index contributed by atoms with van der Waals surface area (Å²) in [4.78, 5) is 11.3. The zero-order chi connectivity index (χ0) is 29.7. The van der Waals surface area contributed by atoms with E-state index in [9.17, 15) is 4.79 Å². The van der Waals surface area contributed by atoms with Crippen LogP contribution in [0.4, 0.5) is 4.39 Å². The fraction of sp³-hybridized carbons (Fsp3) is 0.417. The Bertz CT molecular complexity index is 1290. The molecule has 0 saturated heterocycles. The van der Waals surface area contributed by atoms with Gasteiger partial charge in [-0.25, -0.2) is 9.18 Å². The van der Waals surface area contributed by atoms with Gasteiger partial charge in [0.2, 0.25) is 0 Å². The van der Waals surface area contributed by atoms with Crippen molar-refractivity contribution in [2.24, 2.45) is 5.92 Å². The summed E-state index contributed by atoms with van der Waals surface area (Å²) in [6.07, 6.45) is 11.6. The van der Waals surface area contributed by atoms with Crippen molar-refractivity contribution in [2.75, 3.05) is 26.4 Å². The van der Waals surface area contributed by atoms with Crippen molar-refractivity contribution < 1.29 is 28.5 Å². The zero-order valence-electron chi connectivity index (χ0n) is 24.7. The molecular weight excluding hydrogens is 531 g/mol. The van der Waals surface area contributed by atoms with Gasteiger partial charge in [0.25, 0.3) is 0 Å². The van der Waals surface area contributed by atoms with Crippen LogP contribution in [0.1, 0.15) is 69.8 Å². The second kappa shape index (κ2) is 16.1. The Labute approximate surface area is 249 Å². The number of halogens is 1. The fourth-order valence-corrected chi connectivity index (χ4v) is 5.76. The third-order valence-corrected chi connectivity index (χ3v) is 8.10. The van der Waals surface area contributed by atoms with Gasteiger partial charge in [0.05, 0.1) is 6.61 Å². The molecule has 0 unspecified atom stereocenters. The Morgan fingerprint density at radius 1 is 0.881 bits per heavy atom. The first-order valence-electron chi connectivity index (χ1n) is 15.2. The fourth-order valence-electron chi connectivity index (χ4n) is 5.76. The number of carbonyl (C=O) groups is 1. The Kier molecular flexibility index (Phi) is 12.0. The molecule has 0 aliphatic heterocycles. The SMILES string of the molecule is C=CC(=O)OCCOc1cc(-c2ccc(-c3ccc(C4CCC(CCCCC)CC4)cc3)cc2F)ccc1OCCO. The average molecular weight is 575 g/mol. The molecule has 1 saturated carbocycles. The largest absolute Gasteiger partial charge is 0.487 e. The van der Waals surface area contributed by atoms with Gasteiger partial charge in [0.15, 0.2) is 11.5 Å². The summed E-state index contributed by atoms with van der Waals surface area (Å²) in [7, 11) is 0. The number of hydrogen-bond donors (Lipinski definition) is 1. The summed E-state index contributed by atoms with van der Waals surface area (Å²) in [5.41, 5.74) is 4.25. The van der Waals surface area contributed by atoms with Crippen molar-refractivity contribution in [3.8, 4) is 33.8 Å². The van der Waals surface area contributed by atoms with Crippen LogP contribution >= 0.6 is 0 Å². The Morgan fingerprint density at radius 3 is 2.29 bits per heavy atom. The van der Waals surface area contributed by atoms with Gasteiger partial charge in [-0.1, -0.05) is 81.7 Å². The van der Waals surface area contributed by atoms with Crippen molar-refractivity contribution in [1.29, 1.82) is 0 Å². The van der Waals surface area contributed by atoms with Crippen LogP contribution in [0.2, 0.25) is 0 Å². The molecule has 1 fully saturated rings. The second-order valence-electron chi connectivity index (χ2n) is 11.0. The molecule has 0 atom stereocenters. The molecule has 0 bridgehead atoms. The van der Waals surface area contributed by atoms with Crippen molar-refractivity contribution in [2.45, 2.75) is 64.2 Å². The lowest BCUT2D eigenvalue weighted by Gasteiger charge is -2.29. The summed E-state index contributed by atoms with van der Waals surface area (Å²) >= 11 is 0. The van der Waals surface area contributed by atoms with Crippen LogP contribution < -0.4 is 9.47 Å². The molecule has 0 radical (unpaired) electrons. The second-order valence-corrected chi connectivity index (χ2v) is 11.0. The maximum atomic E-state index is 15.4. The van der Waals surface area contributed by atoms with Gasteiger partial charge in [-0.2, -0.15) is 0 Å². The predicted molar refractivity (Wildman–Crippen MR) is 165 cm³/mol. The number of ether oxygens (including phenoxy) is 3. The number of esters is 1. The topological polar surface area (TPSA) is 65.0 Å². The first-order valence-corrected chi connectivity index (χ1v) is 15.2. The number of aliphatic hydroxyl groups is 1. The van der Waals surface area contributed by atoms with E-state index in [4.69, 9.17) is 19.3 Å². The summed E-state index contributed by atoms with van der Waals surface area (Å²) in [5, 5.41) is 9.15. The predicted octanol–water partition coefficient (Wildman–Crippen LogP) is 8.49. The van der Waals surface area contributed by atoms with Crippen molar-refractivity contribution in [1.82, 2.24) is 0 Å². The number of carbonyl (C=O) groups excluding carboxylic acids is 1. The van der Waals surface area contributed by atoms with E-state index in [1.165, 1.54) is 56.9 Å². The van der Waals surface area contributed by atoms with Crippen LogP contribution in [0.25, 0.3) is 22.3 Å². The molecule has 224 valence electrons. The molecule has 0 amide bonds. The third-order valence-electron chi connectivity index (χ3n) is 8.10. The molecule has 4 rings (SSSR count). The minimum Gasteiger partial charge on any atom is -0.487 e. The van der Waals surface area contributed by atoms with Crippen molar-refractivity contribution >= 4 is 5.97 Å². The highest BCUT2D eigenvalue weighted by Gasteiger charge is 2.22. The summed E-state index contributed by atoms with van der Waals surface area (Å²) in [6.45, 7) is 5.66. The monoisotopic (exact) mass is 574 g/mol. The molecule has 3 aromatic rings. The highest BCUT2D eigenvalue weighted by Crippen LogP contribution is 2.39. The maximum absolute atomic E-state index is 15.4. The van der Waals surface area contributed by atoms with E-state index < -0.39 is 5.97 Å². The molecular formula is C36H43FO5. The molecule has 1 N–H and O–H groups in total. The quantitative estimate of drug-likeness (QED) is 0.112. The van der Waals surface area contributed by atoms with E-state index in [2.05, 4.69) is 37.8 Å². The van der Waals surface area contributed by atoms with Crippen LogP contribution in [0.15, 0.2) is 73.3 Å². The van der Waals surface area contributed by atoms with Gasteiger partial charge in [0, 0.05) is 11.6 Å². The van der Waals surface area contributed by atoms with E-state index in [0.717, 1.165) is 23.1 Å². The van der Waals surface area contributed by atoms with Crippen LogP contribution in [0, 0.1) is 11.7 Å². The molecule has 6 heteroatoms.